The van der Waals surface area contributed by atoms with Gasteiger partial charge < -0.3 is 10.8 Å². The summed E-state index contributed by atoms with van der Waals surface area (Å²) in [4.78, 5) is 10.3. The summed E-state index contributed by atoms with van der Waals surface area (Å²) in [6, 6.07) is -0.174. The summed E-state index contributed by atoms with van der Waals surface area (Å²) in [5.74, 6) is -0.798. The summed E-state index contributed by atoms with van der Waals surface area (Å²) in [7, 11) is 0. The molecule has 0 aromatic carbocycles. The number of carbonyl (C=O) groups is 1. The number of carboxylic acids is 1. The Morgan fingerprint density at radius 2 is 1.93 bits per heavy atom. The summed E-state index contributed by atoms with van der Waals surface area (Å²) >= 11 is 0. The van der Waals surface area contributed by atoms with Crippen LogP contribution in [0.1, 0.15) is 52.9 Å². The number of unbranched alkanes of at least 4 members (excludes halogenated alkanes) is 1. The second kappa shape index (κ2) is 6.02. The van der Waals surface area contributed by atoms with Crippen molar-refractivity contribution in [2.45, 2.75) is 58.9 Å². The van der Waals surface area contributed by atoms with Crippen molar-refractivity contribution in [1.82, 2.24) is 0 Å². The Morgan fingerprint density at radius 3 is 2.36 bits per heavy atom. The van der Waals surface area contributed by atoms with E-state index in [9.17, 15) is 4.79 Å². The Morgan fingerprint density at radius 1 is 1.36 bits per heavy atom. The van der Waals surface area contributed by atoms with Crippen LogP contribution in [0.2, 0.25) is 0 Å². The van der Waals surface area contributed by atoms with E-state index in [0.29, 0.717) is 5.41 Å². The molecule has 0 aliphatic rings. The summed E-state index contributed by atoms with van der Waals surface area (Å²) < 4.78 is 0. The molecule has 0 rings (SSSR count). The predicted molar refractivity (Wildman–Crippen MR) is 58.2 cm³/mol. The summed E-state index contributed by atoms with van der Waals surface area (Å²) in [5, 5.41) is 8.49. The Hall–Kier alpha value is -0.570. The molecule has 0 heterocycles. The predicted octanol–water partition coefficient (Wildman–Crippen LogP) is 2.39. The third kappa shape index (κ3) is 9.52. The maximum absolute atomic E-state index is 10.3. The third-order valence-electron chi connectivity index (χ3n) is 2.19. The van der Waals surface area contributed by atoms with E-state index in [4.69, 9.17) is 10.8 Å². The van der Waals surface area contributed by atoms with Gasteiger partial charge in [0, 0.05) is 6.04 Å². The van der Waals surface area contributed by atoms with E-state index in [2.05, 4.69) is 20.8 Å². The molecular weight excluding hydrogens is 178 g/mol. The number of carboxylic acid groups (broad SMARTS) is 1. The highest BCUT2D eigenvalue weighted by Gasteiger charge is 2.11. The number of rotatable bonds is 6. The molecule has 0 aliphatic heterocycles. The molecule has 3 nitrogen and oxygen atoms in total. The lowest BCUT2D eigenvalue weighted by Gasteiger charge is -2.18. The molecule has 3 heteroatoms. The lowest BCUT2D eigenvalue weighted by atomic mass is 9.89. The van der Waals surface area contributed by atoms with Gasteiger partial charge >= 0.3 is 5.97 Å². The van der Waals surface area contributed by atoms with Gasteiger partial charge in [0.05, 0.1) is 6.42 Å². The maximum Gasteiger partial charge on any atom is 0.304 e. The molecule has 0 fully saturated rings. The first kappa shape index (κ1) is 13.4. The zero-order chi connectivity index (χ0) is 11.2. The van der Waals surface area contributed by atoms with Crippen molar-refractivity contribution < 1.29 is 9.90 Å². The minimum atomic E-state index is -0.798. The number of aliphatic carboxylic acids is 1. The number of hydrogen-bond donors (Lipinski definition) is 2. The number of hydrogen-bond acceptors (Lipinski definition) is 2. The van der Waals surface area contributed by atoms with Crippen LogP contribution in [0.15, 0.2) is 0 Å². The first-order chi connectivity index (χ1) is 6.31. The third-order valence-corrected chi connectivity index (χ3v) is 2.19. The molecular formula is C11H23NO2. The quantitative estimate of drug-likeness (QED) is 0.648. The fourth-order valence-corrected chi connectivity index (χ4v) is 1.39. The van der Waals surface area contributed by atoms with Crippen molar-refractivity contribution in [3.05, 3.63) is 0 Å². The van der Waals surface area contributed by atoms with Crippen LogP contribution in [0.5, 0.6) is 0 Å². The second-order valence-electron chi connectivity index (χ2n) is 5.16. The van der Waals surface area contributed by atoms with Crippen LogP contribution in [0.3, 0.4) is 0 Å². The Kier molecular flexibility index (Phi) is 5.77. The standard InChI is InChI=1S/C11H23NO2/c1-11(2,3)7-5-4-6-9(12)8-10(13)14/h9H,4-8,12H2,1-3H3,(H,13,14). The van der Waals surface area contributed by atoms with Crippen molar-refractivity contribution in [2.75, 3.05) is 0 Å². The Balaban J connectivity index is 3.41. The smallest absolute Gasteiger partial charge is 0.304 e. The molecule has 0 bridgehead atoms. The first-order valence-electron chi connectivity index (χ1n) is 5.28. The van der Waals surface area contributed by atoms with E-state index < -0.39 is 5.97 Å². The fourth-order valence-electron chi connectivity index (χ4n) is 1.39. The lowest BCUT2D eigenvalue weighted by molar-refractivity contribution is -0.137. The van der Waals surface area contributed by atoms with Gasteiger partial charge in [-0.05, 0) is 18.3 Å². The summed E-state index contributed by atoms with van der Waals surface area (Å²) in [6.07, 6.45) is 4.26. The zero-order valence-electron chi connectivity index (χ0n) is 9.55. The van der Waals surface area contributed by atoms with Gasteiger partial charge in [0.2, 0.25) is 0 Å². The molecule has 14 heavy (non-hydrogen) atoms. The first-order valence-corrected chi connectivity index (χ1v) is 5.28. The van der Waals surface area contributed by atoms with Crippen LogP contribution in [-0.2, 0) is 4.79 Å². The van der Waals surface area contributed by atoms with E-state index in [0.717, 1.165) is 19.3 Å². The van der Waals surface area contributed by atoms with Gasteiger partial charge in [0.1, 0.15) is 0 Å². The van der Waals surface area contributed by atoms with Gasteiger partial charge in [0.15, 0.2) is 0 Å². The van der Waals surface area contributed by atoms with Crippen molar-refractivity contribution in [1.29, 1.82) is 0 Å². The average Bonchev–Trinajstić information content (AvgIpc) is 1.95. The molecule has 1 atom stereocenters. The molecule has 0 saturated heterocycles. The van der Waals surface area contributed by atoms with Gasteiger partial charge in [-0.15, -0.1) is 0 Å². The van der Waals surface area contributed by atoms with Crippen molar-refractivity contribution in [3.63, 3.8) is 0 Å². The monoisotopic (exact) mass is 201 g/mol. The SMILES string of the molecule is CC(C)(C)CCCCC(N)CC(=O)O. The molecule has 0 aromatic heterocycles. The van der Waals surface area contributed by atoms with E-state index in [1.165, 1.54) is 6.42 Å². The highest BCUT2D eigenvalue weighted by molar-refractivity contribution is 5.67. The van der Waals surface area contributed by atoms with Crippen LogP contribution in [0.4, 0.5) is 0 Å². The van der Waals surface area contributed by atoms with Crippen LogP contribution < -0.4 is 5.73 Å². The summed E-state index contributed by atoms with van der Waals surface area (Å²) in [5.41, 5.74) is 6.02. The normalized spacial score (nSPS) is 14.0. The van der Waals surface area contributed by atoms with Gasteiger partial charge in [-0.25, -0.2) is 0 Å². The highest BCUT2D eigenvalue weighted by atomic mass is 16.4. The molecule has 0 aromatic rings. The zero-order valence-corrected chi connectivity index (χ0v) is 9.55. The van der Waals surface area contributed by atoms with Gasteiger partial charge in [0.25, 0.3) is 0 Å². The minimum Gasteiger partial charge on any atom is -0.481 e. The van der Waals surface area contributed by atoms with Crippen molar-refractivity contribution in [3.8, 4) is 0 Å². The molecule has 0 amide bonds. The van der Waals surface area contributed by atoms with Crippen molar-refractivity contribution >= 4 is 5.97 Å². The van der Waals surface area contributed by atoms with Crippen LogP contribution in [0.25, 0.3) is 0 Å². The van der Waals surface area contributed by atoms with Gasteiger partial charge in [-0.1, -0.05) is 33.6 Å². The molecule has 0 saturated carbocycles. The molecule has 0 radical (unpaired) electrons. The van der Waals surface area contributed by atoms with Gasteiger partial charge in [-0.3, -0.25) is 4.79 Å². The average molecular weight is 201 g/mol. The van der Waals surface area contributed by atoms with E-state index in [1.54, 1.807) is 0 Å². The Bertz CT molecular complexity index is 173. The van der Waals surface area contributed by atoms with E-state index in [-0.39, 0.29) is 12.5 Å². The van der Waals surface area contributed by atoms with E-state index in [1.807, 2.05) is 0 Å². The lowest BCUT2D eigenvalue weighted by Crippen LogP contribution is -2.23. The topological polar surface area (TPSA) is 63.3 Å². The minimum absolute atomic E-state index is 0.0928. The molecule has 0 spiro atoms. The van der Waals surface area contributed by atoms with Crippen LogP contribution >= 0.6 is 0 Å². The molecule has 1 unspecified atom stereocenters. The van der Waals surface area contributed by atoms with Crippen molar-refractivity contribution in [2.24, 2.45) is 11.1 Å². The Labute approximate surface area is 86.7 Å². The molecule has 84 valence electrons. The summed E-state index contributed by atoms with van der Waals surface area (Å²) in [6.45, 7) is 6.64. The van der Waals surface area contributed by atoms with Crippen LogP contribution in [-0.4, -0.2) is 17.1 Å². The second-order valence-corrected chi connectivity index (χ2v) is 5.16. The number of nitrogens with two attached hydrogens (primary N) is 1. The fraction of sp³-hybridized carbons (Fsp3) is 0.909. The van der Waals surface area contributed by atoms with Gasteiger partial charge in [-0.2, -0.15) is 0 Å². The highest BCUT2D eigenvalue weighted by Crippen LogP contribution is 2.22. The molecule has 3 N–H and O–H groups in total. The maximum atomic E-state index is 10.3. The molecule has 0 aliphatic carbocycles. The largest absolute Gasteiger partial charge is 0.481 e. The van der Waals surface area contributed by atoms with Crippen LogP contribution in [0, 0.1) is 5.41 Å². The van der Waals surface area contributed by atoms with E-state index >= 15 is 0 Å².